The summed E-state index contributed by atoms with van der Waals surface area (Å²) < 4.78 is 5.62. The van der Waals surface area contributed by atoms with E-state index in [0.29, 0.717) is 11.0 Å². The molecule has 2 atom stereocenters. The summed E-state index contributed by atoms with van der Waals surface area (Å²) in [6.45, 7) is 2.42. The number of aliphatic carboxylic acids is 1. The van der Waals surface area contributed by atoms with E-state index in [1.165, 1.54) is 6.08 Å². The van der Waals surface area contributed by atoms with Crippen molar-refractivity contribution in [3.8, 4) is 0 Å². The van der Waals surface area contributed by atoms with Crippen molar-refractivity contribution in [1.82, 2.24) is 0 Å². The Morgan fingerprint density at radius 3 is 2.39 bits per heavy atom. The van der Waals surface area contributed by atoms with Crippen molar-refractivity contribution < 1.29 is 29.0 Å². The van der Waals surface area contributed by atoms with Crippen LogP contribution in [0.4, 0.5) is 0 Å². The van der Waals surface area contributed by atoms with Gasteiger partial charge in [-0.2, -0.15) is 0 Å². The first kappa shape index (κ1) is 21.3. The Labute approximate surface area is 138 Å². The van der Waals surface area contributed by atoms with Gasteiger partial charge in [-0.1, -0.05) is 37.6 Å². The molecule has 0 spiro atoms. The lowest BCUT2D eigenvalue weighted by molar-refractivity contribution is -0.873. The van der Waals surface area contributed by atoms with Gasteiger partial charge in [0.25, 0.3) is 0 Å². The summed E-state index contributed by atoms with van der Waals surface area (Å²) >= 11 is 0. The highest BCUT2D eigenvalue weighted by Crippen LogP contribution is 2.07. The minimum absolute atomic E-state index is 0.210. The van der Waals surface area contributed by atoms with E-state index in [4.69, 9.17) is 4.74 Å². The molecule has 2 unspecified atom stereocenters. The van der Waals surface area contributed by atoms with Gasteiger partial charge in [-0.05, 0) is 6.42 Å². The van der Waals surface area contributed by atoms with Crippen molar-refractivity contribution >= 4 is 11.9 Å². The smallest absolute Gasteiger partial charge is 0.309 e. The summed E-state index contributed by atoms with van der Waals surface area (Å²) in [4.78, 5) is 22.6. The van der Waals surface area contributed by atoms with Crippen molar-refractivity contribution in [1.29, 1.82) is 0 Å². The van der Waals surface area contributed by atoms with E-state index in [1.807, 2.05) is 33.3 Å². The lowest BCUT2D eigenvalue weighted by atomic mass is 10.2. The van der Waals surface area contributed by atoms with E-state index in [0.717, 1.165) is 12.8 Å². The van der Waals surface area contributed by atoms with Crippen molar-refractivity contribution in [2.75, 3.05) is 27.7 Å². The molecule has 6 nitrogen and oxygen atoms in total. The average molecular weight is 327 g/mol. The molecule has 1 N–H and O–H groups in total. The minimum atomic E-state index is -1.27. The van der Waals surface area contributed by atoms with Gasteiger partial charge in [0.1, 0.15) is 6.54 Å². The molecule has 23 heavy (non-hydrogen) atoms. The van der Waals surface area contributed by atoms with Crippen LogP contribution in [0.5, 0.6) is 0 Å². The van der Waals surface area contributed by atoms with Crippen LogP contribution in [0, 0.1) is 0 Å². The number of rotatable bonds is 11. The highest BCUT2D eigenvalue weighted by Gasteiger charge is 2.23. The fourth-order valence-electron chi connectivity index (χ4n) is 1.95. The number of carboxylic acids is 1. The SMILES string of the molecule is CCC/C=C/C=C/C(O)CC(=O)OC(CC(=O)[O-])C[N+](C)(C)C. The topological polar surface area (TPSA) is 86.7 Å². The number of esters is 1. The molecule has 0 aliphatic rings. The first-order valence-corrected chi connectivity index (χ1v) is 7.85. The van der Waals surface area contributed by atoms with Crippen LogP contribution in [-0.2, 0) is 14.3 Å². The number of aliphatic hydroxyl groups excluding tert-OH is 1. The van der Waals surface area contributed by atoms with Crippen LogP contribution < -0.4 is 5.11 Å². The zero-order valence-electron chi connectivity index (χ0n) is 14.5. The van der Waals surface area contributed by atoms with Gasteiger partial charge in [-0.3, -0.25) is 4.79 Å². The summed E-state index contributed by atoms with van der Waals surface area (Å²) in [7, 11) is 5.61. The van der Waals surface area contributed by atoms with Crippen LogP contribution >= 0.6 is 0 Å². The summed E-state index contributed by atoms with van der Waals surface area (Å²) in [5, 5.41) is 20.5. The van der Waals surface area contributed by atoms with Crippen LogP contribution in [0.25, 0.3) is 0 Å². The quantitative estimate of drug-likeness (QED) is 0.337. The van der Waals surface area contributed by atoms with E-state index in [1.54, 1.807) is 6.08 Å². The number of ether oxygens (including phenoxy) is 1. The second-order valence-corrected chi connectivity index (χ2v) is 6.53. The van der Waals surface area contributed by atoms with Gasteiger partial charge >= 0.3 is 5.97 Å². The van der Waals surface area contributed by atoms with Gasteiger partial charge in [0.05, 0.1) is 33.7 Å². The zero-order chi connectivity index (χ0) is 17.9. The molecule has 0 fully saturated rings. The van der Waals surface area contributed by atoms with Crippen LogP contribution in [-0.4, -0.2) is 61.4 Å². The summed E-state index contributed by atoms with van der Waals surface area (Å²) in [6.07, 6.45) is 6.68. The number of hydrogen-bond donors (Lipinski definition) is 1. The van der Waals surface area contributed by atoms with Gasteiger partial charge in [0, 0.05) is 12.4 Å². The maximum absolute atomic E-state index is 11.8. The molecular formula is C17H29NO5. The van der Waals surface area contributed by atoms with Gasteiger partial charge in [-0.25, -0.2) is 0 Å². The molecule has 0 heterocycles. The number of likely N-dealkylation sites (N-methyl/N-ethyl adjacent to an activating group) is 1. The fourth-order valence-corrected chi connectivity index (χ4v) is 1.95. The molecule has 0 aromatic heterocycles. The molecule has 0 saturated heterocycles. The molecule has 132 valence electrons. The van der Waals surface area contributed by atoms with E-state index in [2.05, 4.69) is 6.92 Å². The van der Waals surface area contributed by atoms with Crippen LogP contribution in [0.15, 0.2) is 24.3 Å². The third kappa shape index (κ3) is 13.7. The Kier molecular flexibility index (Phi) is 10.2. The summed E-state index contributed by atoms with van der Waals surface area (Å²) in [5.74, 6) is -1.89. The van der Waals surface area contributed by atoms with Crippen molar-refractivity contribution in [3.05, 3.63) is 24.3 Å². The molecule has 0 rings (SSSR count). The predicted molar refractivity (Wildman–Crippen MR) is 86.2 cm³/mol. The number of hydrogen-bond acceptors (Lipinski definition) is 5. The fraction of sp³-hybridized carbons (Fsp3) is 0.647. The maximum atomic E-state index is 11.8. The molecule has 0 bridgehead atoms. The van der Waals surface area contributed by atoms with E-state index in [-0.39, 0.29) is 12.8 Å². The van der Waals surface area contributed by atoms with Gasteiger partial charge in [0.2, 0.25) is 0 Å². The lowest BCUT2D eigenvalue weighted by Crippen LogP contribution is -2.45. The van der Waals surface area contributed by atoms with Crippen LogP contribution in [0.2, 0.25) is 0 Å². The van der Waals surface area contributed by atoms with E-state index < -0.39 is 24.1 Å². The Morgan fingerprint density at radius 1 is 1.22 bits per heavy atom. The zero-order valence-corrected chi connectivity index (χ0v) is 14.5. The maximum Gasteiger partial charge on any atom is 0.309 e. The highest BCUT2D eigenvalue weighted by molar-refractivity contribution is 5.71. The van der Waals surface area contributed by atoms with Crippen molar-refractivity contribution in [3.63, 3.8) is 0 Å². The first-order valence-electron chi connectivity index (χ1n) is 7.85. The Bertz CT molecular complexity index is 423. The van der Waals surface area contributed by atoms with Gasteiger partial charge in [-0.15, -0.1) is 0 Å². The molecule has 0 saturated carbocycles. The predicted octanol–water partition coefficient (Wildman–Crippen LogP) is 0.408. The summed E-state index contributed by atoms with van der Waals surface area (Å²) in [6, 6.07) is 0. The second-order valence-electron chi connectivity index (χ2n) is 6.53. The molecule has 0 radical (unpaired) electrons. The normalized spacial score (nSPS) is 15.0. The second kappa shape index (κ2) is 11.0. The van der Waals surface area contributed by atoms with Gasteiger partial charge < -0.3 is 24.2 Å². The molecular weight excluding hydrogens is 298 g/mol. The van der Waals surface area contributed by atoms with Crippen LogP contribution in [0.3, 0.4) is 0 Å². The Morgan fingerprint density at radius 2 is 1.87 bits per heavy atom. The Hall–Kier alpha value is -1.66. The van der Waals surface area contributed by atoms with Crippen molar-refractivity contribution in [2.24, 2.45) is 0 Å². The molecule has 6 heteroatoms. The number of carbonyl (C=O) groups excluding carboxylic acids is 2. The van der Waals surface area contributed by atoms with Crippen molar-refractivity contribution in [2.45, 2.75) is 44.8 Å². The first-order chi connectivity index (χ1) is 10.6. The Balaban J connectivity index is 4.42. The largest absolute Gasteiger partial charge is 0.550 e. The van der Waals surface area contributed by atoms with Crippen LogP contribution in [0.1, 0.15) is 32.6 Å². The third-order valence-electron chi connectivity index (χ3n) is 2.86. The number of carbonyl (C=O) groups is 2. The van der Waals surface area contributed by atoms with E-state index >= 15 is 0 Å². The lowest BCUT2D eigenvalue weighted by Gasteiger charge is -2.29. The number of quaternary nitrogens is 1. The number of nitrogens with zero attached hydrogens (tertiary/aromatic N) is 1. The average Bonchev–Trinajstić information content (AvgIpc) is 2.35. The molecule has 0 aliphatic heterocycles. The van der Waals surface area contributed by atoms with E-state index in [9.17, 15) is 19.8 Å². The molecule has 0 aromatic carbocycles. The molecule has 0 amide bonds. The standard InChI is InChI=1S/C17H29NO5/c1-5-6-7-8-9-10-14(19)11-17(22)23-15(12-16(20)21)13-18(2,3)4/h7-10,14-15,19H,5-6,11-13H2,1-4H3/b8-7+,10-9+. The number of unbranched alkanes of at least 4 members (excludes halogenated alkanes) is 1. The summed E-state index contributed by atoms with van der Waals surface area (Å²) in [5.41, 5.74) is 0. The number of aliphatic hydroxyl groups is 1. The number of allylic oxidation sites excluding steroid dienone is 3. The molecule has 0 aliphatic carbocycles. The minimum Gasteiger partial charge on any atom is -0.550 e. The van der Waals surface area contributed by atoms with Gasteiger partial charge in [0.15, 0.2) is 6.10 Å². The third-order valence-corrected chi connectivity index (χ3v) is 2.86. The molecule has 0 aromatic rings. The number of carboxylic acid groups (broad SMARTS) is 1. The highest BCUT2D eigenvalue weighted by atomic mass is 16.5. The monoisotopic (exact) mass is 327 g/mol.